The standard InChI is InChI=1S/C15H15BrF3NO3/c1-14(2,3)23-13(21)20-7-10-5-8-4-9(16)6-11(12(8)22-10)15(17,18)19/h4-6H,7H2,1-3H3,(H,20,21). The zero-order valence-corrected chi connectivity index (χ0v) is 14.3. The number of carbonyl (C=O) groups is 1. The minimum absolute atomic E-state index is 0.0709. The molecule has 23 heavy (non-hydrogen) atoms. The monoisotopic (exact) mass is 393 g/mol. The van der Waals surface area contributed by atoms with E-state index in [9.17, 15) is 18.0 Å². The Morgan fingerprint density at radius 1 is 1.26 bits per heavy atom. The Kier molecular flexibility index (Phi) is 4.66. The van der Waals surface area contributed by atoms with Crippen LogP contribution in [0.1, 0.15) is 32.1 Å². The molecule has 2 aromatic rings. The lowest BCUT2D eigenvalue weighted by molar-refractivity contribution is -0.136. The van der Waals surface area contributed by atoms with Gasteiger partial charge in [0.2, 0.25) is 0 Å². The SMILES string of the molecule is CC(C)(C)OC(=O)NCc1cc2cc(Br)cc(C(F)(F)F)c2o1. The molecule has 8 heteroatoms. The van der Waals surface area contributed by atoms with Crippen LogP contribution in [0.15, 0.2) is 27.1 Å². The Morgan fingerprint density at radius 2 is 1.91 bits per heavy atom. The minimum atomic E-state index is -4.53. The number of hydrogen-bond donors (Lipinski definition) is 1. The van der Waals surface area contributed by atoms with Crippen molar-refractivity contribution in [3.05, 3.63) is 34.0 Å². The van der Waals surface area contributed by atoms with Crippen LogP contribution < -0.4 is 5.32 Å². The van der Waals surface area contributed by atoms with E-state index in [1.54, 1.807) is 20.8 Å². The number of ether oxygens (including phenoxy) is 1. The first-order valence-electron chi connectivity index (χ1n) is 6.72. The van der Waals surface area contributed by atoms with E-state index in [-0.39, 0.29) is 17.9 Å². The van der Waals surface area contributed by atoms with Gasteiger partial charge >= 0.3 is 12.3 Å². The second kappa shape index (κ2) is 6.07. The molecule has 2 rings (SSSR count). The van der Waals surface area contributed by atoms with E-state index in [1.807, 2.05) is 0 Å². The molecular weight excluding hydrogens is 379 g/mol. The highest BCUT2D eigenvalue weighted by atomic mass is 79.9. The van der Waals surface area contributed by atoms with Crippen molar-refractivity contribution < 1.29 is 27.1 Å². The van der Waals surface area contributed by atoms with Crippen molar-refractivity contribution in [3.63, 3.8) is 0 Å². The summed E-state index contributed by atoms with van der Waals surface area (Å²) in [6.07, 6.45) is -5.20. The maximum absolute atomic E-state index is 13.0. The molecule has 0 aliphatic rings. The number of fused-ring (bicyclic) bond motifs is 1. The van der Waals surface area contributed by atoms with Crippen LogP contribution >= 0.6 is 15.9 Å². The van der Waals surface area contributed by atoms with Gasteiger partial charge in [-0.3, -0.25) is 0 Å². The molecule has 1 heterocycles. The molecule has 0 saturated carbocycles. The highest BCUT2D eigenvalue weighted by Gasteiger charge is 2.35. The van der Waals surface area contributed by atoms with Crippen LogP contribution in [0.2, 0.25) is 0 Å². The second-order valence-corrected chi connectivity index (χ2v) is 6.85. The number of furan rings is 1. The van der Waals surface area contributed by atoms with Crippen molar-refractivity contribution in [3.8, 4) is 0 Å². The van der Waals surface area contributed by atoms with Crippen LogP contribution in [-0.4, -0.2) is 11.7 Å². The van der Waals surface area contributed by atoms with E-state index >= 15 is 0 Å². The highest BCUT2D eigenvalue weighted by Crippen LogP contribution is 2.38. The van der Waals surface area contributed by atoms with Gasteiger partial charge < -0.3 is 14.5 Å². The minimum Gasteiger partial charge on any atom is -0.459 e. The second-order valence-electron chi connectivity index (χ2n) is 5.94. The van der Waals surface area contributed by atoms with Crippen molar-refractivity contribution in [2.24, 2.45) is 0 Å². The lowest BCUT2D eigenvalue weighted by atomic mass is 10.1. The fourth-order valence-corrected chi connectivity index (χ4v) is 2.42. The maximum atomic E-state index is 13.0. The van der Waals surface area contributed by atoms with Crippen LogP contribution in [0, 0.1) is 0 Å². The number of hydrogen-bond acceptors (Lipinski definition) is 3. The van der Waals surface area contributed by atoms with E-state index in [4.69, 9.17) is 9.15 Å². The van der Waals surface area contributed by atoms with Gasteiger partial charge in [0.15, 0.2) is 0 Å². The summed E-state index contributed by atoms with van der Waals surface area (Å²) in [5.74, 6) is 0.203. The van der Waals surface area contributed by atoms with Gasteiger partial charge in [0.25, 0.3) is 0 Å². The van der Waals surface area contributed by atoms with Crippen LogP contribution in [0.25, 0.3) is 11.0 Å². The number of nitrogens with one attached hydrogen (secondary N) is 1. The maximum Gasteiger partial charge on any atom is 0.420 e. The summed E-state index contributed by atoms with van der Waals surface area (Å²) in [7, 11) is 0. The molecule has 0 unspecified atom stereocenters. The fraction of sp³-hybridized carbons (Fsp3) is 0.400. The Balaban J connectivity index is 2.22. The average Bonchev–Trinajstić information content (AvgIpc) is 2.74. The molecule has 126 valence electrons. The Morgan fingerprint density at radius 3 is 2.48 bits per heavy atom. The van der Waals surface area contributed by atoms with Crippen LogP contribution in [0.3, 0.4) is 0 Å². The first kappa shape index (κ1) is 17.7. The van der Waals surface area contributed by atoms with Crippen molar-refractivity contribution in [1.29, 1.82) is 0 Å². The van der Waals surface area contributed by atoms with E-state index in [2.05, 4.69) is 21.2 Å². The molecule has 0 aliphatic carbocycles. The lowest BCUT2D eigenvalue weighted by Crippen LogP contribution is -2.32. The molecule has 1 N–H and O–H groups in total. The summed E-state index contributed by atoms with van der Waals surface area (Å²) >= 11 is 3.05. The summed E-state index contributed by atoms with van der Waals surface area (Å²) in [4.78, 5) is 11.6. The number of amides is 1. The summed E-state index contributed by atoms with van der Waals surface area (Å²) in [5.41, 5.74) is -1.79. The van der Waals surface area contributed by atoms with E-state index in [0.717, 1.165) is 6.07 Å². The molecule has 0 radical (unpaired) electrons. The van der Waals surface area contributed by atoms with Gasteiger partial charge in [-0.1, -0.05) is 15.9 Å². The summed E-state index contributed by atoms with van der Waals surface area (Å²) in [5, 5.41) is 2.74. The first-order valence-corrected chi connectivity index (χ1v) is 7.51. The largest absolute Gasteiger partial charge is 0.459 e. The molecule has 0 spiro atoms. The summed E-state index contributed by atoms with van der Waals surface area (Å²) in [6, 6.07) is 3.93. The summed E-state index contributed by atoms with van der Waals surface area (Å²) < 4.78 is 49.7. The highest BCUT2D eigenvalue weighted by molar-refractivity contribution is 9.10. The molecule has 1 amide bonds. The van der Waals surface area contributed by atoms with Gasteiger partial charge in [-0.15, -0.1) is 0 Å². The molecule has 0 bridgehead atoms. The molecule has 0 aliphatic heterocycles. The quantitative estimate of drug-likeness (QED) is 0.758. The lowest BCUT2D eigenvalue weighted by Gasteiger charge is -2.19. The van der Waals surface area contributed by atoms with Crippen LogP contribution in [0.5, 0.6) is 0 Å². The molecule has 0 atom stereocenters. The Labute approximate surface area is 139 Å². The van der Waals surface area contributed by atoms with Crippen molar-refractivity contribution in [1.82, 2.24) is 5.32 Å². The van der Waals surface area contributed by atoms with E-state index < -0.39 is 23.4 Å². The van der Waals surface area contributed by atoms with Gasteiger partial charge in [-0.2, -0.15) is 13.2 Å². The Bertz CT molecular complexity index is 732. The normalized spacial score (nSPS) is 12.5. The number of rotatable bonds is 2. The van der Waals surface area contributed by atoms with Crippen LogP contribution in [-0.2, 0) is 17.5 Å². The van der Waals surface area contributed by atoms with Crippen LogP contribution in [0.4, 0.5) is 18.0 Å². The molecule has 1 aromatic heterocycles. The van der Waals surface area contributed by atoms with Gasteiger partial charge in [0.1, 0.15) is 16.9 Å². The van der Waals surface area contributed by atoms with E-state index in [0.29, 0.717) is 9.86 Å². The van der Waals surface area contributed by atoms with Gasteiger partial charge in [-0.25, -0.2) is 4.79 Å². The third kappa shape index (κ3) is 4.63. The number of alkyl carbamates (subject to hydrolysis) is 1. The third-order valence-electron chi connectivity index (χ3n) is 2.74. The average molecular weight is 394 g/mol. The predicted octanol–water partition coefficient (Wildman–Crippen LogP) is 5.24. The Hall–Kier alpha value is -1.70. The topological polar surface area (TPSA) is 51.5 Å². The zero-order chi connectivity index (χ0) is 17.4. The van der Waals surface area contributed by atoms with Crippen molar-refractivity contribution in [2.75, 3.05) is 0 Å². The van der Waals surface area contributed by atoms with Gasteiger partial charge in [-0.05, 0) is 39.0 Å². The number of alkyl halides is 3. The van der Waals surface area contributed by atoms with Gasteiger partial charge in [0, 0.05) is 9.86 Å². The zero-order valence-electron chi connectivity index (χ0n) is 12.7. The molecule has 1 aromatic carbocycles. The van der Waals surface area contributed by atoms with Gasteiger partial charge in [0.05, 0.1) is 12.1 Å². The molecular formula is C15H15BrF3NO3. The third-order valence-corrected chi connectivity index (χ3v) is 3.20. The first-order chi connectivity index (χ1) is 10.5. The van der Waals surface area contributed by atoms with E-state index in [1.165, 1.54) is 12.1 Å². The number of benzene rings is 1. The smallest absolute Gasteiger partial charge is 0.420 e. The van der Waals surface area contributed by atoms with Crippen molar-refractivity contribution >= 4 is 33.0 Å². The molecule has 4 nitrogen and oxygen atoms in total. The fourth-order valence-electron chi connectivity index (χ4n) is 1.94. The molecule has 0 fully saturated rings. The number of carbonyl (C=O) groups excluding carboxylic acids is 1. The predicted molar refractivity (Wildman–Crippen MR) is 82.0 cm³/mol. The summed E-state index contributed by atoms with van der Waals surface area (Å²) in [6.45, 7) is 5.06. The van der Waals surface area contributed by atoms with Crippen molar-refractivity contribution in [2.45, 2.75) is 39.1 Å². The molecule has 0 saturated heterocycles. The number of halogens is 4.